The Kier molecular flexibility index (Phi) is 6.10. The molecule has 0 bridgehead atoms. The van der Waals surface area contributed by atoms with Crippen molar-refractivity contribution < 1.29 is 9.53 Å². The second kappa shape index (κ2) is 8.06. The maximum atomic E-state index is 11.8. The predicted molar refractivity (Wildman–Crippen MR) is 92.8 cm³/mol. The van der Waals surface area contributed by atoms with Crippen molar-refractivity contribution in [2.45, 2.75) is 6.92 Å². The van der Waals surface area contributed by atoms with Crippen molar-refractivity contribution in [2.24, 2.45) is 0 Å². The van der Waals surface area contributed by atoms with Gasteiger partial charge in [0.1, 0.15) is 12.4 Å². The number of ether oxygens (including phenoxy) is 1. The zero-order valence-electron chi connectivity index (χ0n) is 12.0. The number of carbonyl (C=O) groups excluding carboxylic acids is 1. The van der Waals surface area contributed by atoms with Crippen molar-refractivity contribution in [1.82, 2.24) is 5.32 Å². The highest BCUT2D eigenvalue weighted by molar-refractivity contribution is 9.10. The fourth-order valence-electron chi connectivity index (χ4n) is 1.80. The molecule has 6 heteroatoms. The maximum absolute atomic E-state index is 11.8. The van der Waals surface area contributed by atoms with Crippen molar-refractivity contribution >= 4 is 39.2 Å². The lowest BCUT2D eigenvalue weighted by atomic mass is 10.2. The molecule has 0 radical (unpaired) electrons. The largest absolute Gasteiger partial charge is 0.492 e. The van der Waals surface area contributed by atoms with Gasteiger partial charge in [0, 0.05) is 15.2 Å². The number of aryl methyl sites for hydroxylation is 1. The van der Waals surface area contributed by atoms with Crippen molar-refractivity contribution in [1.29, 1.82) is 0 Å². The minimum absolute atomic E-state index is 0.259. The van der Waals surface area contributed by atoms with Gasteiger partial charge < -0.3 is 15.4 Å². The molecule has 2 N–H and O–H groups in total. The average molecular weight is 384 g/mol. The molecule has 22 heavy (non-hydrogen) atoms. The Balaban J connectivity index is 1.72. The molecule has 2 amide bonds. The normalized spacial score (nSPS) is 10.1. The van der Waals surface area contributed by atoms with E-state index in [9.17, 15) is 4.79 Å². The number of benzene rings is 2. The van der Waals surface area contributed by atoms with E-state index < -0.39 is 0 Å². The number of anilines is 1. The molecule has 2 aromatic carbocycles. The summed E-state index contributed by atoms with van der Waals surface area (Å²) < 4.78 is 6.47. The smallest absolute Gasteiger partial charge is 0.319 e. The van der Waals surface area contributed by atoms with E-state index in [4.69, 9.17) is 16.3 Å². The van der Waals surface area contributed by atoms with Crippen LogP contribution in [0.15, 0.2) is 46.9 Å². The fraction of sp³-hybridized carbons (Fsp3) is 0.188. The number of carbonyl (C=O) groups is 1. The predicted octanol–water partition coefficient (Wildman–Crippen LogP) is 4.61. The van der Waals surface area contributed by atoms with Gasteiger partial charge in [0.15, 0.2) is 0 Å². The Bertz CT molecular complexity index is 647. The number of amides is 2. The van der Waals surface area contributed by atoms with E-state index in [0.29, 0.717) is 18.2 Å². The molecule has 0 spiro atoms. The van der Waals surface area contributed by atoms with Crippen LogP contribution in [0.4, 0.5) is 10.5 Å². The second-order valence-electron chi connectivity index (χ2n) is 4.64. The van der Waals surface area contributed by atoms with Crippen LogP contribution in [0.1, 0.15) is 5.56 Å². The fourth-order valence-corrected chi connectivity index (χ4v) is 2.40. The molecule has 0 aliphatic heterocycles. The van der Waals surface area contributed by atoms with Gasteiger partial charge in [-0.25, -0.2) is 4.79 Å². The Morgan fingerprint density at radius 1 is 1.23 bits per heavy atom. The van der Waals surface area contributed by atoms with Crippen molar-refractivity contribution in [3.63, 3.8) is 0 Å². The summed E-state index contributed by atoms with van der Waals surface area (Å²) in [5, 5.41) is 6.20. The van der Waals surface area contributed by atoms with Gasteiger partial charge in [0.25, 0.3) is 0 Å². The van der Waals surface area contributed by atoms with Crippen LogP contribution in [0.5, 0.6) is 5.75 Å². The summed E-state index contributed by atoms with van der Waals surface area (Å²) in [6.45, 7) is 2.72. The molecule has 0 aromatic heterocycles. The van der Waals surface area contributed by atoms with E-state index in [1.807, 2.05) is 25.1 Å². The minimum atomic E-state index is -0.259. The van der Waals surface area contributed by atoms with Crippen LogP contribution in [0.3, 0.4) is 0 Å². The van der Waals surface area contributed by atoms with Crippen molar-refractivity contribution in [2.75, 3.05) is 18.5 Å². The van der Waals surface area contributed by atoms with Gasteiger partial charge in [-0.05, 0) is 55.0 Å². The first-order valence-electron chi connectivity index (χ1n) is 6.74. The van der Waals surface area contributed by atoms with E-state index in [2.05, 4.69) is 26.6 Å². The standard InChI is InChI=1S/C16H16BrClN2O2/c1-11-10-12(17)2-7-15(11)20-16(21)19-8-9-22-14-5-3-13(18)4-6-14/h2-7,10H,8-9H2,1H3,(H2,19,20,21). The quantitative estimate of drug-likeness (QED) is 0.741. The molecule has 0 aliphatic rings. The topological polar surface area (TPSA) is 50.4 Å². The average Bonchev–Trinajstić information content (AvgIpc) is 2.48. The van der Waals surface area contributed by atoms with E-state index in [1.54, 1.807) is 24.3 Å². The zero-order chi connectivity index (χ0) is 15.9. The molecule has 4 nitrogen and oxygen atoms in total. The first-order chi connectivity index (χ1) is 10.5. The molecule has 0 unspecified atom stereocenters. The maximum Gasteiger partial charge on any atom is 0.319 e. The number of hydrogen-bond acceptors (Lipinski definition) is 2. The first-order valence-corrected chi connectivity index (χ1v) is 7.91. The molecule has 0 aliphatic carbocycles. The monoisotopic (exact) mass is 382 g/mol. The summed E-state index contributed by atoms with van der Waals surface area (Å²) in [5.74, 6) is 0.718. The third kappa shape index (κ3) is 5.24. The third-order valence-electron chi connectivity index (χ3n) is 2.91. The number of rotatable bonds is 5. The Morgan fingerprint density at radius 2 is 1.95 bits per heavy atom. The summed E-state index contributed by atoms with van der Waals surface area (Å²) in [6.07, 6.45) is 0. The SMILES string of the molecule is Cc1cc(Br)ccc1NC(=O)NCCOc1ccc(Cl)cc1. The molecule has 0 saturated heterocycles. The number of hydrogen-bond donors (Lipinski definition) is 2. The summed E-state index contributed by atoms with van der Waals surface area (Å²) in [4.78, 5) is 11.8. The number of urea groups is 1. The first kappa shape index (κ1) is 16.6. The molecule has 116 valence electrons. The number of nitrogens with one attached hydrogen (secondary N) is 2. The zero-order valence-corrected chi connectivity index (χ0v) is 14.4. The van der Waals surface area contributed by atoms with Gasteiger partial charge in [-0.15, -0.1) is 0 Å². The second-order valence-corrected chi connectivity index (χ2v) is 5.99. The van der Waals surface area contributed by atoms with Crippen molar-refractivity contribution in [3.05, 3.63) is 57.5 Å². The molecule has 0 heterocycles. The summed E-state index contributed by atoms with van der Waals surface area (Å²) in [6, 6.07) is 12.5. The van der Waals surface area contributed by atoms with Crippen LogP contribution in [-0.4, -0.2) is 19.2 Å². The molecule has 0 fully saturated rings. The van der Waals surface area contributed by atoms with E-state index in [0.717, 1.165) is 21.5 Å². The lowest BCUT2D eigenvalue weighted by molar-refractivity contribution is 0.247. The highest BCUT2D eigenvalue weighted by Gasteiger charge is 2.04. The van der Waals surface area contributed by atoms with Gasteiger partial charge in [0.05, 0.1) is 6.54 Å². The molecule has 0 saturated carbocycles. The third-order valence-corrected chi connectivity index (χ3v) is 3.65. The molecule has 2 aromatic rings. The van der Waals surface area contributed by atoms with Gasteiger partial charge in [-0.1, -0.05) is 27.5 Å². The highest BCUT2D eigenvalue weighted by Crippen LogP contribution is 2.19. The lowest BCUT2D eigenvalue weighted by Gasteiger charge is -2.11. The van der Waals surface area contributed by atoms with Crippen molar-refractivity contribution in [3.8, 4) is 5.75 Å². The van der Waals surface area contributed by atoms with Crippen LogP contribution < -0.4 is 15.4 Å². The van der Waals surface area contributed by atoms with Crippen LogP contribution in [0.2, 0.25) is 5.02 Å². The number of halogens is 2. The lowest BCUT2D eigenvalue weighted by Crippen LogP contribution is -2.32. The van der Waals surface area contributed by atoms with Crippen LogP contribution in [0, 0.1) is 6.92 Å². The van der Waals surface area contributed by atoms with E-state index in [-0.39, 0.29) is 6.03 Å². The molecular weight excluding hydrogens is 368 g/mol. The minimum Gasteiger partial charge on any atom is -0.492 e. The summed E-state index contributed by atoms with van der Waals surface area (Å²) in [7, 11) is 0. The van der Waals surface area contributed by atoms with Gasteiger partial charge in [-0.3, -0.25) is 0 Å². The van der Waals surface area contributed by atoms with Crippen LogP contribution >= 0.6 is 27.5 Å². The summed E-state index contributed by atoms with van der Waals surface area (Å²) >= 11 is 9.18. The van der Waals surface area contributed by atoms with Crippen LogP contribution in [-0.2, 0) is 0 Å². The van der Waals surface area contributed by atoms with Gasteiger partial charge in [-0.2, -0.15) is 0 Å². The Morgan fingerprint density at radius 3 is 2.64 bits per heavy atom. The van der Waals surface area contributed by atoms with E-state index in [1.165, 1.54) is 0 Å². The Hall–Kier alpha value is -1.72. The molecule has 2 rings (SSSR count). The summed E-state index contributed by atoms with van der Waals surface area (Å²) in [5.41, 5.74) is 1.77. The van der Waals surface area contributed by atoms with Crippen LogP contribution in [0.25, 0.3) is 0 Å². The van der Waals surface area contributed by atoms with E-state index >= 15 is 0 Å². The van der Waals surface area contributed by atoms with Gasteiger partial charge >= 0.3 is 6.03 Å². The Labute approximate surface area is 142 Å². The van der Waals surface area contributed by atoms with Gasteiger partial charge in [0.2, 0.25) is 0 Å². The molecular formula is C16H16BrClN2O2. The highest BCUT2D eigenvalue weighted by atomic mass is 79.9. The molecule has 0 atom stereocenters.